The third-order valence-electron chi connectivity index (χ3n) is 6.78. The highest BCUT2D eigenvalue weighted by molar-refractivity contribution is 5.96. The van der Waals surface area contributed by atoms with Gasteiger partial charge in [0.2, 0.25) is 0 Å². The van der Waals surface area contributed by atoms with Crippen molar-refractivity contribution in [3.05, 3.63) is 60.4 Å². The lowest BCUT2D eigenvalue weighted by atomic mass is 10.0. The Labute approximate surface area is 209 Å². The molecule has 36 heavy (non-hydrogen) atoms. The molecule has 0 bridgehead atoms. The van der Waals surface area contributed by atoms with Crippen LogP contribution in [0.4, 0.5) is 5.82 Å². The Morgan fingerprint density at radius 1 is 0.944 bits per heavy atom. The van der Waals surface area contributed by atoms with E-state index in [4.69, 9.17) is 14.2 Å². The molecule has 2 saturated heterocycles. The predicted molar refractivity (Wildman–Crippen MR) is 137 cm³/mol. The predicted octanol–water partition coefficient (Wildman–Crippen LogP) is 4.56. The fourth-order valence-corrected chi connectivity index (χ4v) is 4.81. The molecule has 0 radical (unpaired) electrons. The first-order valence-corrected chi connectivity index (χ1v) is 12.3. The molecule has 8 heteroatoms. The first kappa shape index (κ1) is 22.5. The number of hydrogen-bond donors (Lipinski definition) is 1. The van der Waals surface area contributed by atoms with Gasteiger partial charge in [-0.05, 0) is 42.5 Å². The maximum atomic E-state index is 9.80. The minimum Gasteiger partial charge on any atom is -0.489 e. The quantitative estimate of drug-likeness (QED) is 0.446. The Morgan fingerprint density at radius 3 is 2.53 bits per heavy atom. The molecule has 8 nitrogen and oxygen atoms in total. The van der Waals surface area contributed by atoms with Crippen molar-refractivity contribution < 1.29 is 14.2 Å². The summed E-state index contributed by atoms with van der Waals surface area (Å²) < 4.78 is 17.0. The molecule has 6 rings (SSSR count). The Morgan fingerprint density at radius 2 is 1.75 bits per heavy atom. The van der Waals surface area contributed by atoms with E-state index >= 15 is 0 Å². The van der Waals surface area contributed by atoms with Crippen LogP contribution in [0.1, 0.15) is 18.4 Å². The summed E-state index contributed by atoms with van der Waals surface area (Å²) in [4.78, 5) is 15.1. The van der Waals surface area contributed by atoms with Gasteiger partial charge in [0.15, 0.2) is 0 Å². The van der Waals surface area contributed by atoms with E-state index in [9.17, 15) is 5.26 Å². The van der Waals surface area contributed by atoms with Crippen LogP contribution in [-0.4, -0.2) is 60.6 Å². The van der Waals surface area contributed by atoms with Crippen LogP contribution in [0.15, 0.2) is 54.9 Å². The molecule has 3 aromatic heterocycles. The molecule has 0 amide bonds. The van der Waals surface area contributed by atoms with Crippen molar-refractivity contribution in [3.63, 3.8) is 0 Å². The minimum absolute atomic E-state index is 0.0775. The fourth-order valence-electron chi connectivity index (χ4n) is 4.81. The third-order valence-corrected chi connectivity index (χ3v) is 6.78. The van der Waals surface area contributed by atoms with E-state index in [0.29, 0.717) is 24.5 Å². The number of aromatic amines is 1. The van der Waals surface area contributed by atoms with E-state index < -0.39 is 0 Å². The van der Waals surface area contributed by atoms with Gasteiger partial charge in [-0.15, -0.1) is 0 Å². The molecule has 182 valence electrons. The van der Waals surface area contributed by atoms with Crippen LogP contribution in [0, 0.1) is 11.3 Å². The largest absolute Gasteiger partial charge is 0.489 e. The molecular weight excluding hydrogens is 454 g/mol. The normalized spacial score (nSPS) is 16.7. The zero-order valence-electron chi connectivity index (χ0n) is 19.9. The summed E-state index contributed by atoms with van der Waals surface area (Å²) in [6, 6.07) is 16.2. The van der Waals surface area contributed by atoms with E-state index in [-0.39, 0.29) is 6.10 Å². The first-order chi connectivity index (χ1) is 17.8. The number of nitrogens with one attached hydrogen (secondary N) is 1. The highest BCUT2D eigenvalue weighted by Crippen LogP contribution is 2.33. The Bertz CT molecular complexity index is 1400. The second-order valence-electron chi connectivity index (χ2n) is 9.06. The SMILES string of the molecule is N#Cc1cc(-c2nccc3[nH]c(-c4ccc(N5CCOCC5)nc4)cc23)ccc1OC1CCOCC1. The standard InChI is InChI=1S/C28H27N5O3/c29-17-21-15-19(1-3-26(21)36-22-6-11-34-12-7-22)28-23-16-25(32-24(23)5-8-30-28)20-2-4-27(31-18-20)33-9-13-35-14-10-33/h1-5,8,15-16,18,22,32H,6-7,9-14H2. The van der Waals surface area contributed by atoms with E-state index in [1.54, 1.807) is 6.20 Å². The molecule has 2 aliphatic rings. The van der Waals surface area contributed by atoms with Crippen LogP contribution in [-0.2, 0) is 9.47 Å². The van der Waals surface area contributed by atoms with Crippen molar-refractivity contribution in [1.29, 1.82) is 5.26 Å². The van der Waals surface area contributed by atoms with Gasteiger partial charge >= 0.3 is 0 Å². The lowest BCUT2D eigenvalue weighted by Crippen LogP contribution is -2.36. The number of morpholine rings is 1. The number of nitrogens with zero attached hydrogens (tertiary/aromatic N) is 4. The highest BCUT2D eigenvalue weighted by atomic mass is 16.5. The molecule has 0 aliphatic carbocycles. The lowest BCUT2D eigenvalue weighted by Gasteiger charge is -2.27. The number of nitriles is 1. The third kappa shape index (κ3) is 4.51. The van der Waals surface area contributed by atoms with Crippen molar-refractivity contribution in [1.82, 2.24) is 15.0 Å². The maximum Gasteiger partial charge on any atom is 0.137 e. The van der Waals surface area contributed by atoms with E-state index in [0.717, 1.165) is 78.4 Å². The summed E-state index contributed by atoms with van der Waals surface area (Å²) in [7, 11) is 0. The summed E-state index contributed by atoms with van der Waals surface area (Å²) in [6.45, 7) is 4.57. The first-order valence-electron chi connectivity index (χ1n) is 12.3. The van der Waals surface area contributed by atoms with Gasteiger partial charge in [0.1, 0.15) is 23.7 Å². The van der Waals surface area contributed by atoms with Gasteiger partial charge < -0.3 is 24.1 Å². The number of ether oxygens (including phenoxy) is 3. The van der Waals surface area contributed by atoms with Crippen LogP contribution in [0.5, 0.6) is 5.75 Å². The van der Waals surface area contributed by atoms with Crippen molar-refractivity contribution >= 4 is 16.7 Å². The van der Waals surface area contributed by atoms with Gasteiger partial charge in [0, 0.05) is 66.0 Å². The van der Waals surface area contributed by atoms with Crippen molar-refractivity contribution in [2.75, 3.05) is 44.4 Å². The Kier molecular flexibility index (Phi) is 6.24. The molecule has 1 N–H and O–H groups in total. The molecule has 0 unspecified atom stereocenters. The van der Waals surface area contributed by atoms with E-state index in [2.05, 4.69) is 44.1 Å². The molecule has 0 saturated carbocycles. The number of benzene rings is 1. The summed E-state index contributed by atoms with van der Waals surface area (Å²) >= 11 is 0. The fraction of sp³-hybridized carbons (Fsp3) is 0.321. The van der Waals surface area contributed by atoms with Gasteiger partial charge in [-0.3, -0.25) is 4.98 Å². The monoisotopic (exact) mass is 481 g/mol. The van der Waals surface area contributed by atoms with Crippen LogP contribution in [0.25, 0.3) is 33.4 Å². The lowest BCUT2D eigenvalue weighted by molar-refractivity contribution is 0.0254. The van der Waals surface area contributed by atoms with Gasteiger partial charge in [-0.1, -0.05) is 0 Å². The zero-order chi connectivity index (χ0) is 24.3. The zero-order valence-corrected chi connectivity index (χ0v) is 19.9. The summed E-state index contributed by atoms with van der Waals surface area (Å²) in [5, 5.41) is 10.8. The van der Waals surface area contributed by atoms with Crippen LogP contribution >= 0.6 is 0 Å². The molecule has 2 aliphatic heterocycles. The number of hydrogen-bond acceptors (Lipinski definition) is 7. The van der Waals surface area contributed by atoms with Gasteiger partial charge in [0.05, 0.1) is 37.7 Å². The number of aromatic nitrogens is 3. The molecule has 5 heterocycles. The molecule has 4 aromatic rings. The molecule has 2 fully saturated rings. The minimum atomic E-state index is 0.0775. The molecule has 0 atom stereocenters. The Balaban J connectivity index is 1.29. The van der Waals surface area contributed by atoms with Gasteiger partial charge in [-0.25, -0.2) is 4.98 Å². The summed E-state index contributed by atoms with van der Waals surface area (Å²) in [5.74, 6) is 1.58. The highest BCUT2D eigenvalue weighted by Gasteiger charge is 2.19. The molecular formula is C28H27N5O3. The topological polar surface area (TPSA) is 96.3 Å². The summed E-state index contributed by atoms with van der Waals surface area (Å²) in [6.07, 6.45) is 5.44. The molecule has 0 spiro atoms. The van der Waals surface area contributed by atoms with E-state index in [1.165, 1.54) is 0 Å². The van der Waals surface area contributed by atoms with E-state index in [1.807, 2.05) is 30.5 Å². The van der Waals surface area contributed by atoms with Gasteiger partial charge in [-0.2, -0.15) is 5.26 Å². The maximum absolute atomic E-state index is 9.80. The van der Waals surface area contributed by atoms with Gasteiger partial charge in [0.25, 0.3) is 0 Å². The van der Waals surface area contributed by atoms with Crippen LogP contribution < -0.4 is 9.64 Å². The number of fused-ring (bicyclic) bond motifs is 1. The van der Waals surface area contributed by atoms with Crippen LogP contribution in [0.2, 0.25) is 0 Å². The summed E-state index contributed by atoms with van der Waals surface area (Å²) in [5.41, 5.74) is 5.17. The average Bonchev–Trinajstić information content (AvgIpc) is 3.39. The second-order valence-corrected chi connectivity index (χ2v) is 9.06. The number of H-pyrrole nitrogens is 1. The van der Waals surface area contributed by atoms with Crippen molar-refractivity contribution in [3.8, 4) is 34.3 Å². The second kappa shape index (κ2) is 9.97. The smallest absolute Gasteiger partial charge is 0.137 e. The average molecular weight is 482 g/mol. The number of pyridine rings is 2. The van der Waals surface area contributed by atoms with Crippen LogP contribution in [0.3, 0.4) is 0 Å². The number of rotatable bonds is 5. The number of anilines is 1. The van der Waals surface area contributed by atoms with Crippen molar-refractivity contribution in [2.24, 2.45) is 0 Å². The molecule has 1 aromatic carbocycles. The Hall–Kier alpha value is -3.93. The van der Waals surface area contributed by atoms with Crippen molar-refractivity contribution in [2.45, 2.75) is 18.9 Å².